The van der Waals surface area contributed by atoms with Gasteiger partial charge in [0.1, 0.15) is 17.3 Å². The summed E-state index contributed by atoms with van der Waals surface area (Å²) in [5.41, 5.74) is -0.160. The zero-order chi connectivity index (χ0) is 19.7. The third-order valence-electron chi connectivity index (χ3n) is 2.84. The lowest BCUT2D eigenvalue weighted by atomic mass is 10.3. The fourth-order valence-electron chi connectivity index (χ4n) is 1.88. The second kappa shape index (κ2) is 6.97. The van der Waals surface area contributed by atoms with Gasteiger partial charge in [-0.2, -0.15) is 41.6 Å². The van der Waals surface area contributed by atoms with Crippen molar-refractivity contribution in [2.45, 2.75) is 18.9 Å². The average Bonchev–Trinajstić information content (AvgIpc) is 3.00. The molecule has 0 fully saturated rings. The number of aryl methyl sites for hydroxylation is 1. The number of hydrazone groups is 1. The minimum Gasteiger partial charge on any atom is -0.265 e. The van der Waals surface area contributed by atoms with Crippen molar-refractivity contribution in [1.29, 1.82) is 0 Å². The molecular formula is C12H9ClF6N6O. The van der Waals surface area contributed by atoms with Crippen LogP contribution in [0, 0.1) is 0 Å². The van der Waals surface area contributed by atoms with Crippen LogP contribution in [0.15, 0.2) is 17.4 Å². The summed E-state index contributed by atoms with van der Waals surface area (Å²) >= 11 is 5.53. The van der Waals surface area contributed by atoms with E-state index >= 15 is 0 Å². The van der Waals surface area contributed by atoms with Gasteiger partial charge in [-0.3, -0.25) is 14.2 Å². The van der Waals surface area contributed by atoms with Crippen LogP contribution in [0.5, 0.6) is 0 Å². The summed E-state index contributed by atoms with van der Waals surface area (Å²) in [6.45, 7) is -1.31. The normalized spacial score (nSPS) is 12.8. The SMILES string of the molecule is Cn1nc(C(=O)NN=Cc2ccn(CC(F)(F)F)n2)c(Cl)c1C(F)(F)F. The summed E-state index contributed by atoms with van der Waals surface area (Å²) in [4.78, 5) is 11.8. The van der Waals surface area contributed by atoms with Crippen molar-refractivity contribution < 1.29 is 31.1 Å². The monoisotopic (exact) mass is 402 g/mol. The quantitative estimate of drug-likeness (QED) is 0.485. The van der Waals surface area contributed by atoms with Crippen LogP contribution in [-0.4, -0.2) is 37.9 Å². The highest BCUT2D eigenvalue weighted by atomic mass is 35.5. The molecule has 0 aliphatic rings. The van der Waals surface area contributed by atoms with Crippen LogP contribution >= 0.6 is 11.6 Å². The number of aromatic nitrogens is 4. The van der Waals surface area contributed by atoms with Crippen LogP contribution in [0.2, 0.25) is 5.02 Å². The smallest absolute Gasteiger partial charge is 0.265 e. The van der Waals surface area contributed by atoms with Crippen LogP contribution < -0.4 is 5.43 Å². The Labute approximate surface area is 146 Å². The molecule has 7 nitrogen and oxygen atoms in total. The minimum atomic E-state index is -4.81. The molecule has 0 aliphatic heterocycles. The maximum atomic E-state index is 12.8. The summed E-state index contributed by atoms with van der Waals surface area (Å²) in [5, 5.41) is 9.41. The highest BCUT2D eigenvalue weighted by Crippen LogP contribution is 2.35. The lowest BCUT2D eigenvalue weighted by Gasteiger charge is -2.06. The topological polar surface area (TPSA) is 77.1 Å². The first-order chi connectivity index (χ1) is 11.9. The Kier molecular flexibility index (Phi) is 5.30. The van der Waals surface area contributed by atoms with E-state index in [1.807, 2.05) is 5.43 Å². The largest absolute Gasteiger partial charge is 0.434 e. The Morgan fingerprint density at radius 2 is 1.96 bits per heavy atom. The highest BCUT2D eigenvalue weighted by Gasteiger charge is 2.40. The van der Waals surface area contributed by atoms with E-state index < -0.39 is 41.2 Å². The molecule has 2 aromatic heterocycles. The van der Waals surface area contributed by atoms with E-state index in [4.69, 9.17) is 11.6 Å². The maximum Gasteiger partial charge on any atom is 0.434 e. The zero-order valence-electron chi connectivity index (χ0n) is 12.7. The number of alkyl halides is 6. The van der Waals surface area contributed by atoms with Gasteiger partial charge in [0, 0.05) is 13.2 Å². The lowest BCUT2D eigenvalue weighted by Crippen LogP contribution is -2.19. The number of carbonyl (C=O) groups excluding carboxylic acids is 1. The van der Waals surface area contributed by atoms with Crippen molar-refractivity contribution in [3.05, 3.63) is 34.4 Å². The molecule has 1 amide bonds. The van der Waals surface area contributed by atoms with Gasteiger partial charge in [0.2, 0.25) is 0 Å². The fourth-order valence-corrected chi connectivity index (χ4v) is 2.23. The summed E-state index contributed by atoms with van der Waals surface area (Å²) in [7, 11) is 0.960. The van der Waals surface area contributed by atoms with Gasteiger partial charge in [0.15, 0.2) is 11.4 Å². The molecule has 0 spiro atoms. The Balaban J connectivity index is 2.07. The molecular weight excluding hydrogens is 394 g/mol. The summed E-state index contributed by atoms with van der Waals surface area (Å²) in [6.07, 6.45) is -7.32. The number of hydrogen-bond acceptors (Lipinski definition) is 4. The molecule has 14 heteroatoms. The van der Waals surface area contributed by atoms with Gasteiger partial charge < -0.3 is 0 Å². The Bertz CT molecular complexity index is 836. The first kappa shape index (κ1) is 19.8. The molecule has 26 heavy (non-hydrogen) atoms. The van der Waals surface area contributed by atoms with E-state index in [1.165, 1.54) is 6.07 Å². The van der Waals surface area contributed by atoms with Crippen molar-refractivity contribution in [3.63, 3.8) is 0 Å². The number of halogens is 7. The van der Waals surface area contributed by atoms with Gasteiger partial charge in [-0.15, -0.1) is 0 Å². The van der Waals surface area contributed by atoms with Gasteiger partial charge in [0.05, 0.1) is 6.21 Å². The number of nitrogens with one attached hydrogen (secondary N) is 1. The Morgan fingerprint density at radius 1 is 1.31 bits per heavy atom. The first-order valence-electron chi connectivity index (χ1n) is 6.62. The molecule has 2 rings (SSSR count). The van der Waals surface area contributed by atoms with Crippen molar-refractivity contribution in [3.8, 4) is 0 Å². The van der Waals surface area contributed by atoms with Crippen molar-refractivity contribution in [2.75, 3.05) is 0 Å². The minimum absolute atomic E-state index is 0.0161. The van der Waals surface area contributed by atoms with Crippen LogP contribution in [0.3, 0.4) is 0 Å². The van der Waals surface area contributed by atoms with Gasteiger partial charge in [-0.25, -0.2) is 5.43 Å². The predicted octanol–water partition coefficient (Wildman–Crippen LogP) is 2.62. The average molecular weight is 403 g/mol. The maximum absolute atomic E-state index is 12.8. The van der Waals surface area contributed by atoms with Crippen molar-refractivity contribution >= 4 is 23.7 Å². The van der Waals surface area contributed by atoms with E-state index in [-0.39, 0.29) is 5.69 Å². The van der Waals surface area contributed by atoms with Crippen LogP contribution in [0.25, 0.3) is 0 Å². The second-order valence-electron chi connectivity index (χ2n) is 4.89. The Hall–Kier alpha value is -2.57. The first-order valence-corrected chi connectivity index (χ1v) is 6.99. The number of nitrogens with zero attached hydrogens (tertiary/aromatic N) is 5. The third-order valence-corrected chi connectivity index (χ3v) is 3.20. The molecule has 0 bridgehead atoms. The zero-order valence-corrected chi connectivity index (χ0v) is 13.5. The van der Waals surface area contributed by atoms with Gasteiger partial charge >= 0.3 is 12.4 Å². The molecule has 0 saturated carbocycles. The van der Waals surface area contributed by atoms with Crippen LogP contribution in [0.4, 0.5) is 26.3 Å². The number of rotatable bonds is 4. The molecule has 2 aromatic rings. The second-order valence-corrected chi connectivity index (χ2v) is 5.26. The molecule has 0 atom stereocenters. The number of carbonyl (C=O) groups is 1. The molecule has 0 aromatic carbocycles. The number of amides is 1. The molecule has 1 N–H and O–H groups in total. The van der Waals surface area contributed by atoms with E-state index in [1.54, 1.807) is 0 Å². The summed E-state index contributed by atoms with van der Waals surface area (Å²) in [6, 6.07) is 1.19. The molecule has 0 saturated heterocycles. The lowest BCUT2D eigenvalue weighted by molar-refractivity contribution is -0.144. The fraction of sp³-hybridized carbons (Fsp3) is 0.333. The predicted molar refractivity (Wildman–Crippen MR) is 76.6 cm³/mol. The van der Waals surface area contributed by atoms with E-state index in [0.29, 0.717) is 9.36 Å². The third kappa shape index (κ3) is 4.74. The highest BCUT2D eigenvalue weighted by molar-refractivity contribution is 6.34. The van der Waals surface area contributed by atoms with Crippen molar-refractivity contribution in [2.24, 2.45) is 12.1 Å². The summed E-state index contributed by atoms with van der Waals surface area (Å²) < 4.78 is 76.0. The number of hydrogen-bond donors (Lipinski definition) is 1. The molecule has 2 heterocycles. The van der Waals surface area contributed by atoms with E-state index in [0.717, 1.165) is 19.5 Å². The molecule has 0 unspecified atom stereocenters. The molecule has 0 aliphatic carbocycles. The summed E-state index contributed by atoms with van der Waals surface area (Å²) in [5.74, 6) is -1.13. The van der Waals surface area contributed by atoms with Gasteiger partial charge in [-0.05, 0) is 6.07 Å². The van der Waals surface area contributed by atoms with E-state index in [2.05, 4.69) is 15.3 Å². The van der Waals surface area contributed by atoms with Crippen LogP contribution in [0.1, 0.15) is 21.9 Å². The Morgan fingerprint density at radius 3 is 2.50 bits per heavy atom. The van der Waals surface area contributed by atoms with E-state index in [9.17, 15) is 31.1 Å². The van der Waals surface area contributed by atoms with Crippen LogP contribution in [-0.2, 0) is 19.8 Å². The standard InChI is InChI=1S/C12H9ClF6N6O/c1-24-9(12(17,18)19)7(13)8(23-24)10(26)21-20-4-6-2-3-25(22-6)5-11(14,15)16/h2-4H,5H2,1H3,(H,21,26). The van der Waals surface area contributed by atoms with Crippen molar-refractivity contribution in [1.82, 2.24) is 25.0 Å². The molecule has 142 valence electrons. The molecule has 0 radical (unpaired) electrons. The van der Waals surface area contributed by atoms with Gasteiger partial charge in [0.25, 0.3) is 5.91 Å². The van der Waals surface area contributed by atoms with Gasteiger partial charge in [-0.1, -0.05) is 11.6 Å².